The van der Waals surface area contributed by atoms with E-state index in [4.69, 9.17) is 0 Å². The SMILES string of the molecule is CNCCC[C@@H](CNC(=O)[C@H](CCCNC)NC(=O)[C@@H]1Cc2cccc(c2)-c2ccc(O)c(c2)C[C@H](NC)C(=O)N[C@@H](CCCNC)C(=O)N1)NC. The Morgan fingerprint density at radius 1 is 0.827 bits per heavy atom. The number of amides is 4. The molecule has 288 valence electrons. The highest BCUT2D eigenvalue weighted by atomic mass is 16.3. The van der Waals surface area contributed by atoms with Gasteiger partial charge in [-0.3, -0.25) is 19.2 Å². The monoisotopic (exact) mass is 723 g/mol. The first kappa shape index (κ1) is 42.3. The van der Waals surface area contributed by atoms with Gasteiger partial charge in [0.25, 0.3) is 0 Å². The number of carbonyl (C=O) groups excluding carboxylic acids is 4. The molecule has 1 aliphatic rings. The Labute approximate surface area is 308 Å². The van der Waals surface area contributed by atoms with Crippen LogP contribution in [0.2, 0.25) is 0 Å². The zero-order chi connectivity index (χ0) is 37.9. The van der Waals surface area contributed by atoms with E-state index in [1.807, 2.05) is 64.6 Å². The molecule has 1 heterocycles. The number of nitrogens with one attached hydrogen (secondary N) is 9. The van der Waals surface area contributed by atoms with Crippen LogP contribution < -0.4 is 47.9 Å². The fraction of sp³-hybridized carbons (Fsp3) is 0.579. The molecule has 0 unspecified atom stereocenters. The average Bonchev–Trinajstić information content (AvgIpc) is 3.14. The Morgan fingerprint density at radius 3 is 2.21 bits per heavy atom. The molecule has 0 aromatic heterocycles. The summed E-state index contributed by atoms with van der Waals surface area (Å²) in [5, 5.41) is 38.1. The van der Waals surface area contributed by atoms with Crippen molar-refractivity contribution in [3.63, 3.8) is 0 Å². The number of carbonyl (C=O) groups is 4. The summed E-state index contributed by atoms with van der Waals surface area (Å²) in [7, 11) is 9.07. The van der Waals surface area contributed by atoms with Gasteiger partial charge in [0, 0.05) is 25.4 Å². The molecule has 0 saturated heterocycles. The fourth-order valence-corrected chi connectivity index (χ4v) is 6.34. The number of phenols is 1. The molecule has 0 spiro atoms. The Balaban J connectivity index is 1.96. The predicted molar refractivity (Wildman–Crippen MR) is 205 cm³/mol. The summed E-state index contributed by atoms with van der Waals surface area (Å²) in [5.41, 5.74) is 3.07. The molecule has 10 N–H and O–H groups in total. The second-order valence-electron chi connectivity index (χ2n) is 13.4. The molecule has 14 heteroatoms. The predicted octanol–water partition coefficient (Wildman–Crippen LogP) is -0.0968. The third kappa shape index (κ3) is 13.5. The summed E-state index contributed by atoms with van der Waals surface area (Å²) in [6.45, 7) is 2.57. The number of likely N-dealkylation sites (N-methyl/N-ethyl adjacent to an activating group) is 2. The molecule has 14 nitrogen and oxygen atoms in total. The summed E-state index contributed by atoms with van der Waals surface area (Å²) in [4.78, 5) is 55.4. The molecule has 5 atom stereocenters. The molecule has 4 bridgehead atoms. The van der Waals surface area contributed by atoms with Crippen LogP contribution >= 0.6 is 0 Å². The third-order valence-electron chi connectivity index (χ3n) is 9.52. The van der Waals surface area contributed by atoms with E-state index in [0.717, 1.165) is 36.1 Å². The van der Waals surface area contributed by atoms with Crippen LogP contribution in [0.4, 0.5) is 0 Å². The van der Waals surface area contributed by atoms with Crippen LogP contribution in [0.5, 0.6) is 5.75 Å². The van der Waals surface area contributed by atoms with Crippen molar-refractivity contribution in [3.05, 3.63) is 53.6 Å². The molecule has 4 amide bonds. The number of hydrogen-bond donors (Lipinski definition) is 10. The Morgan fingerprint density at radius 2 is 1.52 bits per heavy atom. The standard InChI is InChI=1S/C38H61N9O5/c1-39-17-7-12-29(42-4)24-44-35(49)30(13-8-18-40-2)45-38(52)33-21-25-10-6-11-26(20-25)27-15-16-34(48)28(22-27)23-32(43-5)37(51)46-31(36(50)47-33)14-9-19-41-3/h6,10-11,15-16,20,22,29-33,39-43,48H,7-9,12-14,17-19,21,23-24H2,1-5H3,(H,44,49)(H,45,52)(H,46,51)(H,47,50)/t29-,30-,31-,32-,33-/m0/s1. The van der Waals surface area contributed by atoms with E-state index in [0.29, 0.717) is 50.9 Å². The minimum Gasteiger partial charge on any atom is -0.508 e. The lowest BCUT2D eigenvalue weighted by Gasteiger charge is -2.27. The van der Waals surface area contributed by atoms with Crippen LogP contribution in [0.1, 0.15) is 49.7 Å². The molecule has 2 aromatic rings. The maximum absolute atomic E-state index is 14.2. The van der Waals surface area contributed by atoms with E-state index in [9.17, 15) is 24.3 Å². The van der Waals surface area contributed by atoms with Gasteiger partial charge in [-0.1, -0.05) is 30.3 Å². The van der Waals surface area contributed by atoms with E-state index in [1.54, 1.807) is 13.1 Å². The molecule has 0 aliphatic carbocycles. The zero-order valence-corrected chi connectivity index (χ0v) is 31.5. The number of aromatic hydroxyl groups is 1. The maximum atomic E-state index is 14.2. The summed E-state index contributed by atoms with van der Waals surface area (Å²) in [6.07, 6.45) is 4.12. The highest BCUT2D eigenvalue weighted by molar-refractivity contribution is 5.95. The van der Waals surface area contributed by atoms with Gasteiger partial charge in [0.15, 0.2) is 0 Å². The number of hydrogen-bond acceptors (Lipinski definition) is 10. The molecule has 0 fully saturated rings. The molecular formula is C38H61N9O5. The molecule has 0 saturated carbocycles. The fourth-order valence-electron chi connectivity index (χ4n) is 6.34. The molecule has 1 aliphatic heterocycles. The van der Waals surface area contributed by atoms with Crippen molar-refractivity contribution in [2.45, 2.75) is 81.6 Å². The maximum Gasteiger partial charge on any atom is 0.243 e. The molecule has 52 heavy (non-hydrogen) atoms. The first-order chi connectivity index (χ1) is 25.1. The lowest BCUT2D eigenvalue weighted by Crippen LogP contribution is -2.59. The number of phenolic OH excluding ortho intramolecular Hbond substituents is 1. The van der Waals surface area contributed by atoms with Crippen molar-refractivity contribution >= 4 is 23.6 Å². The van der Waals surface area contributed by atoms with E-state index in [1.165, 1.54) is 0 Å². The summed E-state index contributed by atoms with van der Waals surface area (Å²) in [6, 6.07) is 9.48. The van der Waals surface area contributed by atoms with Gasteiger partial charge in [0.1, 0.15) is 23.9 Å². The van der Waals surface area contributed by atoms with Gasteiger partial charge in [0.05, 0.1) is 6.04 Å². The van der Waals surface area contributed by atoms with Crippen LogP contribution in [0, 0.1) is 0 Å². The van der Waals surface area contributed by atoms with Gasteiger partial charge in [-0.25, -0.2) is 0 Å². The van der Waals surface area contributed by atoms with Gasteiger partial charge in [-0.15, -0.1) is 0 Å². The van der Waals surface area contributed by atoms with Gasteiger partial charge in [-0.2, -0.15) is 0 Å². The van der Waals surface area contributed by atoms with Gasteiger partial charge < -0.3 is 53.0 Å². The Hall–Kier alpha value is -4.08. The largest absolute Gasteiger partial charge is 0.508 e. The van der Waals surface area contributed by atoms with Crippen molar-refractivity contribution in [2.75, 3.05) is 61.4 Å². The second-order valence-corrected chi connectivity index (χ2v) is 13.4. The highest BCUT2D eigenvalue weighted by Crippen LogP contribution is 2.28. The number of rotatable bonds is 19. The van der Waals surface area contributed by atoms with Crippen LogP contribution in [0.3, 0.4) is 0 Å². The van der Waals surface area contributed by atoms with Crippen LogP contribution in [0.25, 0.3) is 11.1 Å². The van der Waals surface area contributed by atoms with Crippen molar-refractivity contribution in [2.24, 2.45) is 0 Å². The van der Waals surface area contributed by atoms with Crippen molar-refractivity contribution in [1.82, 2.24) is 47.9 Å². The Kier molecular flexibility index (Phi) is 18.5. The first-order valence-corrected chi connectivity index (χ1v) is 18.5. The minimum atomic E-state index is -1.04. The Bertz CT molecular complexity index is 1440. The quantitative estimate of drug-likeness (QED) is 0.0875. The van der Waals surface area contributed by atoms with E-state index >= 15 is 0 Å². The number of benzene rings is 2. The van der Waals surface area contributed by atoms with Gasteiger partial charge in [-0.05, 0) is 128 Å². The smallest absolute Gasteiger partial charge is 0.243 e. The minimum absolute atomic E-state index is 0.0703. The topological polar surface area (TPSA) is 197 Å². The van der Waals surface area contributed by atoms with Crippen LogP contribution in [-0.4, -0.2) is 120 Å². The van der Waals surface area contributed by atoms with Crippen molar-refractivity contribution < 1.29 is 24.3 Å². The molecular weight excluding hydrogens is 662 g/mol. The normalized spacial score (nSPS) is 19.0. The molecule has 2 aromatic carbocycles. The van der Waals surface area contributed by atoms with Crippen molar-refractivity contribution in [1.29, 1.82) is 0 Å². The summed E-state index contributed by atoms with van der Waals surface area (Å²) >= 11 is 0. The lowest BCUT2D eigenvalue weighted by atomic mass is 9.95. The second kappa shape index (κ2) is 22.8. The lowest BCUT2D eigenvalue weighted by molar-refractivity contribution is -0.134. The number of fused-ring (bicyclic) bond motifs is 5. The average molecular weight is 724 g/mol. The summed E-state index contributed by atoms with van der Waals surface area (Å²) < 4.78 is 0. The molecule has 0 radical (unpaired) electrons. The van der Waals surface area contributed by atoms with Gasteiger partial charge >= 0.3 is 0 Å². The first-order valence-electron chi connectivity index (χ1n) is 18.5. The van der Waals surface area contributed by atoms with Crippen LogP contribution in [0.15, 0.2) is 42.5 Å². The van der Waals surface area contributed by atoms with Crippen molar-refractivity contribution in [3.8, 4) is 16.9 Å². The highest BCUT2D eigenvalue weighted by Gasteiger charge is 2.31. The van der Waals surface area contributed by atoms with Crippen LogP contribution in [-0.2, 0) is 32.0 Å². The van der Waals surface area contributed by atoms with E-state index < -0.39 is 41.9 Å². The van der Waals surface area contributed by atoms with E-state index in [-0.39, 0.29) is 30.5 Å². The third-order valence-corrected chi connectivity index (χ3v) is 9.52. The van der Waals surface area contributed by atoms with E-state index in [2.05, 4.69) is 47.9 Å². The molecule has 3 rings (SSSR count). The van der Waals surface area contributed by atoms with Gasteiger partial charge in [0.2, 0.25) is 23.6 Å². The zero-order valence-electron chi connectivity index (χ0n) is 31.5. The summed E-state index contributed by atoms with van der Waals surface area (Å²) in [5.74, 6) is -1.61.